The second-order valence-corrected chi connectivity index (χ2v) is 5.51. The van der Waals surface area contributed by atoms with Crippen LogP contribution in [0.5, 0.6) is 0 Å². The molecule has 0 saturated carbocycles. The van der Waals surface area contributed by atoms with Gasteiger partial charge in [-0.25, -0.2) is 4.68 Å². The maximum absolute atomic E-state index is 12.6. The molecule has 0 aliphatic heterocycles. The van der Waals surface area contributed by atoms with Crippen molar-refractivity contribution in [3.8, 4) is 5.69 Å². The number of hydrogen-bond acceptors (Lipinski definition) is 4. The van der Waals surface area contributed by atoms with Crippen molar-refractivity contribution in [3.05, 3.63) is 77.9 Å². The van der Waals surface area contributed by atoms with E-state index < -0.39 is 5.91 Å². The molecule has 7 heteroatoms. The molecule has 0 unspecified atom stereocenters. The quantitative estimate of drug-likeness (QED) is 0.767. The Morgan fingerprint density at radius 2 is 1.84 bits per heavy atom. The van der Waals surface area contributed by atoms with Crippen LogP contribution in [0.15, 0.2) is 60.8 Å². The van der Waals surface area contributed by atoms with Crippen LogP contribution in [0.4, 0.5) is 0 Å². The molecule has 0 aliphatic carbocycles. The summed E-state index contributed by atoms with van der Waals surface area (Å²) in [4.78, 5) is 30.0. The fourth-order valence-electron chi connectivity index (χ4n) is 2.43. The molecule has 2 amide bonds. The zero-order valence-corrected chi connectivity index (χ0v) is 13.7. The summed E-state index contributed by atoms with van der Waals surface area (Å²) in [5.74, 6) is -0.967. The van der Waals surface area contributed by atoms with Crippen LogP contribution in [0, 0.1) is 0 Å². The first kappa shape index (κ1) is 16.4. The highest BCUT2D eigenvalue weighted by Crippen LogP contribution is 2.14. The van der Waals surface area contributed by atoms with Gasteiger partial charge in [0.25, 0.3) is 11.8 Å². The smallest absolute Gasteiger partial charge is 0.274 e. The van der Waals surface area contributed by atoms with E-state index in [0.717, 1.165) is 5.69 Å². The number of primary amides is 1. The van der Waals surface area contributed by atoms with Crippen LogP contribution >= 0.6 is 0 Å². The van der Waals surface area contributed by atoms with Crippen LogP contribution in [0.3, 0.4) is 0 Å². The van der Waals surface area contributed by atoms with Crippen LogP contribution in [-0.2, 0) is 6.54 Å². The molecule has 0 saturated heterocycles. The summed E-state index contributed by atoms with van der Waals surface area (Å²) in [5, 5.41) is 4.27. The second-order valence-electron chi connectivity index (χ2n) is 5.51. The van der Waals surface area contributed by atoms with Crippen molar-refractivity contribution < 1.29 is 9.59 Å². The largest absolute Gasteiger partial charge is 0.364 e. The molecular weight excluding hydrogens is 318 g/mol. The molecule has 7 nitrogen and oxygen atoms in total. The number of nitrogens with zero attached hydrogens (tertiary/aromatic N) is 4. The van der Waals surface area contributed by atoms with Gasteiger partial charge in [-0.15, -0.1) is 0 Å². The van der Waals surface area contributed by atoms with Crippen LogP contribution in [0.25, 0.3) is 5.69 Å². The summed E-state index contributed by atoms with van der Waals surface area (Å²) in [6.07, 6.45) is 1.67. The Morgan fingerprint density at radius 3 is 2.48 bits per heavy atom. The van der Waals surface area contributed by atoms with E-state index in [1.807, 2.05) is 36.4 Å². The normalized spacial score (nSPS) is 10.4. The minimum absolute atomic E-state index is 0.149. The summed E-state index contributed by atoms with van der Waals surface area (Å²) >= 11 is 0. The molecule has 0 aliphatic rings. The molecule has 25 heavy (non-hydrogen) atoms. The number of para-hydroxylation sites is 1. The van der Waals surface area contributed by atoms with Gasteiger partial charge in [0.2, 0.25) is 0 Å². The third-order valence-electron chi connectivity index (χ3n) is 3.65. The topological polar surface area (TPSA) is 94.1 Å². The zero-order valence-electron chi connectivity index (χ0n) is 13.7. The third kappa shape index (κ3) is 3.55. The highest BCUT2D eigenvalue weighted by atomic mass is 16.2. The molecule has 0 spiro atoms. The number of benzene rings is 1. The first-order valence-electron chi connectivity index (χ1n) is 7.67. The number of carbonyl (C=O) groups is 2. The van der Waals surface area contributed by atoms with Gasteiger partial charge in [0.1, 0.15) is 5.69 Å². The van der Waals surface area contributed by atoms with E-state index >= 15 is 0 Å². The van der Waals surface area contributed by atoms with E-state index in [0.29, 0.717) is 12.2 Å². The van der Waals surface area contributed by atoms with Gasteiger partial charge in [-0.1, -0.05) is 24.3 Å². The molecule has 3 aromatic rings. The van der Waals surface area contributed by atoms with Gasteiger partial charge in [0.15, 0.2) is 5.69 Å². The van der Waals surface area contributed by atoms with Crippen molar-refractivity contribution in [1.29, 1.82) is 0 Å². The van der Waals surface area contributed by atoms with Gasteiger partial charge in [-0.05, 0) is 24.3 Å². The summed E-state index contributed by atoms with van der Waals surface area (Å²) < 4.78 is 1.38. The molecule has 0 atom stereocenters. The number of pyridine rings is 1. The molecule has 126 valence electrons. The number of carbonyl (C=O) groups excluding carboxylic acids is 2. The summed E-state index contributed by atoms with van der Waals surface area (Å²) in [6.45, 7) is 0.337. The van der Waals surface area contributed by atoms with E-state index in [9.17, 15) is 9.59 Å². The van der Waals surface area contributed by atoms with Crippen LogP contribution in [0.2, 0.25) is 0 Å². The average molecular weight is 335 g/mol. The molecule has 2 heterocycles. The van der Waals surface area contributed by atoms with Gasteiger partial charge in [-0.2, -0.15) is 5.10 Å². The molecule has 0 radical (unpaired) electrons. The van der Waals surface area contributed by atoms with Gasteiger partial charge >= 0.3 is 0 Å². The van der Waals surface area contributed by atoms with Crippen LogP contribution in [0.1, 0.15) is 26.7 Å². The molecule has 2 N–H and O–H groups in total. The van der Waals surface area contributed by atoms with Crippen LogP contribution in [-0.4, -0.2) is 38.5 Å². The summed E-state index contributed by atoms with van der Waals surface area (Å²) in [5.41, 5.74) is 7.15. The fraction of sp³-hybridized carbons (Fsp3) is 0.111. The van der Waals surface area contributed by atoms with E-state index in [1.54, 1.807) is 25.4 Å². The monoisotopic (exact) mass is 335 g/mol. The van der Waals surface area contributed by atoms with Gasteiger partial charge in [-0.3, -0.25) is 14.6 Å². The number of rotatable bonds is 5. The Morgan fingerprint density at radius 1 is 1.12 bits per heavy atom. The second kappa shape index (κ2) is 6.96. The number of aromatic nitrogens is 3. The van der Waals surface area contributed by atoms with Crippen molar-refractivity contribution in [2.75, 3.05) is 7.05 Å². The number of nitrogens with two attached hydrogens (primary N) is 1. The lowest BCUT2D eigenvalue weighted by atomic mass is 10.3. The minimum atomic E-state index is -0.650. The summed E-state index contributed by atoms with van der Waals surface area (Å²) in [7, 11) is 1.66. The van der Waals surface area contributed by atoms with Crippen LogP contribution < -0.4 is 5.73 Å². The Labute approximate surface area is 144 Å². The van der Waals surface area contributed by atoms with E-state index in [-0.39, 0.29) is 17.3 Å². The van der Waals surface area contributed by atoms with Crippen molar-refractivity contribution in [1.82, 2.24) is 19.7 Å². The van der Waals surface area contributed by atoms with Crippen molar-refractivity contribution in [3.63, 3.8) is 0 Å². The predicted molar refractivity (Wildman–Crippen MR) is 92.1 cm³/mol. The fourth-order valence-corrected chi connectivity index (χ4v) is 2.43. The Kier molecular flexibility index (Phi) is 4.56. The molecule has 1 aromatic carbocycles. The maximum atomic E-state index is 12.6. The van der Waals surface area contributed by atoms with E-state index in [4.69, 9.17) is 5.73 Å². The lowest BCUT2D eigenvalue weighted by Gasteiger charge is -2.15. The zero-order chi connectivity index (χ0) is 17.8. The number of hydrogen-bond donors (Lipinski definition) is 1. The molecule has 0 fully saturated rings. The molecule has 2 aromatic heterocycles. The van der Waals surface area contributed by atoms with E-state index in [1.165, 1.54) is 15.6 Å². The molecule has 0 bridgehead atoms. The van der Waals surface area contributed by atoms with Crippen molar-refractivity contribution >= 4 is 11.8 Å². The Bertz CT molecular complexity index is 890. The highest BCUT2D eigenvalue weighted by molar-refractivity contribution is 5.97. The molecule has 3 rings (SSSR count). The van der Waals surface area contributed by atoms with Gasteiger partial charge in [0.05, 0.1) is 17.9 Å². The standard InChI is InChI=1S/C18H17N5O2/c1-22(12-13-7-5-6-10-20-13)18(25)15-11-16(17(19)24)23(21-15)14-8-3-2-4-9-14/h2-11H,12H2,1H3,(H2,19,24). The lowest BCUT2D eigenvalue weighted by molar-refractivity contribution is 0.0777. The van der Waals surface area contributed by atoms with Gasteiger partial charge < -0.3 is 10.6 Å². The SMILES string of the molecule is CN(Cc1ccccn1)C(=O)c1cc(C(N)=O)n(-c2ccccc2)n1. The van der Waals surface area contributed by atoms with Crippen molar-refractivity contribution in [2.24, 2.45) is 5.73 Å². The third-order valence-corrected chi connectivity index (χ3v) is 3.65. The average Bonchev–Trinajstić information content (AvgIpc) is 3.08. The Balaban J connectivity index is 1.89. The molecular formula is C18H17N5O2. The predicted octanol–water partition coefficient (Wildman–Crippen LogP) is 1.64. The van der Waals surface area contributed by atoms with E-state index in [2.05, 4.69) is 10.1 Å². The lowest BCUT2D eigenvalue weighted by Crippen LogP contribution is -2.27. The first-order chi connectivity index (χ1) is 12.1. The number of amides is 2. The highest BCUT2D eigenvalue weighted by Gasteiger charge is 2.21. The Hall–Kier alpha value is -3.48. The minimum Gasteiger partial charge on any atom is -0.364 e. The van der Waals surface area contributed by atoms with Crippen molar-refractivity contribution in [2.45, 2.75) is 6.54 Å². The summed E-state index contributed by atoms with van der Waals surface area (Å²) in [6, 6.07) is 16.0. The van der Waals surface area contributed by atoms with Gasteiger partial charge in [0, 0.05) is 19.3 Å². The first-order valence-corrected chi connectivity index (χ1v) is 7.67. The maximum Gasteiger partial charge on any atom is 0.274 e.